The highest BCUT2D eigenvalue weighted by Gasteiger charge is 2.41. The van der Waals surface area contributed by atoms with Crippen LogP contribution in [0.1, 0.15) is 59.4 Å². The zero-order chi connectivity index (χ0) is 23.3. The van der Waals surface area contributed by atoms with Crippen molar-refractivity contribution in [3.05, 3.63) is 29.8 Å². The molecule has 1 amide bonds. The Morgan fingerprint density at radius 3 is 2.44 bits per heavy atom. The van der Waals surface area contributed by atoms with E-state index in [0.717, 1.165) is 35.4 Å². The lowest BCUT2D eigenvalue weighted by atomic mass is 9.63. The van der Waals surface area contributed by atoms with Crippen LogP contribution in [0, 0.1) is 17.8 Å². The molecule has 1 aromatic carbocycles. The number of H-pyrrole nitrogens is 1. The molecule has 32 heavy (non-hydrogen) atoms. The fourth-order valence-corrected chi connectivity index (χ4v) is 6.71. The summed E-state index contributed by atoms with van der Waals surface area (Å²) in [5.41, 5.74) is 2.77. The van der Waals surface area contributed by atoms with Crippen molar-refractivity contribution in [2.75, 3.05) is 4.90 Å². The summed E-state index contributed by atoms with van der Waals surface area (Å²) < 4.78 is 0. The Hall–Kier alpha value is -2.74. The van der Waals surface area contributed by atoms with Gasteiger partial charge in [-0.15, -0.1) is 21.5 Å². The fourth-order valence-electron chi connectivity index (χ4n) is 5.60. The molecule has 8 heteroatoms. The molecule has 1 N–H and O–H groups in total. The van der Waals surface area contributed by atoms with E-state index in [1.54, 1.807) is 6.92 Å². The highest BCUT2D eigenvalue weighted by Crippen LogP contribution is 2.49. The van der Waals surface area contributed by atoms with Gasteiger partial charge in [0.2, 0.25) is 17.5 Å². The van der Waals surface area contributed by atoms with E-state index in [1.807, 2.05) is 36.1 Å². The van der Waals surface area contributed by atoms with Gasteiger partial charge in [0.25, 0.3) is 0 Å². The van der Waals surface area contributed by atoms with Crippen molar-refractivity contribution in [2.24, 2.45) is 10.8 Å². The standard InChI is InChI=1S/C24H30N5O2S/c1-14-19(31)21(22-25-27-28-26-22)32-20(14)16-8-7-9-17(10-16)29(15(2)30)18-11-23(3,4)13-24(5,6)12-18/h7-10,18H,11-13H2,1-6H3,(H,25,26,27,28). The molecule has 1 saturated carbocycles. The van der Waals surface area contributed by atoms with Gasteiger partial charge in [0.15, 0.2) is 0 Å². The predicted molar refractivity (Wildman–Crippen MR) is 126 cm³/mol. The third-order valence-electron chi connectivity index (χ3n) is 6.26. The quantitative estimate of drug-likeness (QED) is 0.525. The molecule has 1 aliphatic rings. The first-order chi connectivity index (χ1) is 15.0. The van der Waals surface area contributed by atoms with Crippen LogP contribution in [0.5, 0.6) is 5.75 Å². The van der Waals surface area contributed by atoms with E-state index >= 15 is 0 Å². The van der Waals surface area contributed by atoms with Gasteiger partial charge in [0.1, 0.15) is 4.88 Å². The molecule has 0 atom stereocenters. The van der Waals surface area contributed by atoms with Gasteiger partial charge in [-0.2, -0.15) is 5.21 Å². The highest BCUT2D eigenvalue weighted by atomic mass is 32.1. The molecule has 1 aliphatic carbocycles. The van der Waals surface area contributed by atoms with Crippen LogP contribution in [-0.2, 0) is 9.90 Å². The minimum absolute atomic E-state index is 0.0422. The smallest absolute Gasteiger partial charge is 0.224 e. The third-order valence-corrected chi connectivity index (χ3v) is 7.58. The maximum atomic E-state index is 12.8. The van der Waals surface area contributed by atoms with Crippen molar-refractivity contribution in [3.8, 4) is 26.9 Å². The molecule has 1 fully saturated rings. The lowest BCUT2D eigenvalue weighted by Gasteiger charge is -2.48. The van der Waals surface area contributed by atoms with E-state index < -0.39 is 0 Å². The van der Waals surface area contributed by atoms with Crippen LogP contribution in [0.4, 0.5) is 5.69 Å². The molecule has 2 heterocycles. The van der Waals surface area contributed by atoms with Gasteiger partial charge in [-0.3, -0.25) is 9.90 Å². The maximum Gasteiger partial charge on any atom is 0.224 e. The van der Waals surface area contributed by atoms with E-state index in [-0.39, 0.29) is 28.5 Å². The number of hydrogen-bond donors (Lipinski definition) is 1. The molecule has 0 spiro atoms. The summed E-state index contributed by atoms with van der Waals surface area (Å²) in [6.45, 7) is 12.6. The molecule has 0 unspecified atom stereocenters. The van der Waals surface area contributed by atoms with Crippen LogP contribution in [0.25, 0.3) is 21.1 Å². The van der Waals surface area contributed by atoms with E-state index in [2.05, 4.69) is 48.3 Å². The predicted octanol–water partition coefficient (Wildman–Crippen LogP) is 6.01. The molecular weight excluding hydrogens is 422 g/mol. The number of rotatable bonds is 4. The van der Waals surface area contributed by atoms with E-state index in [4.69, 9.17) is 0 Å². The number of anilines is 1. The zero-order valence-corrected chi connectivity index (χ0v) is 20.3. The minimum atomic E-state index is -0.0870. The minimum Gasteiger partial charge on any atom is -0.310 e. The summed E-state index contributed by atoms with van der Waals surface area (Å²) in [5.74, 6) is 0.263. The van der Waals surface area contributed by atoms with Crippen LogP contribution in [0.2, 0.25) is 0 Å². The number of tetrazole rings is 1. The molecule has 0 aliphatic heterocycles. The largest absolute Gasteiger partial charge is 0.310 e. The molecule has 169 valence electrons. The van der Waals surface area contributed by atoms with Crippen LogP contribution in [0.15, 0.2) is 24.3 Å². The van der Waals surface area contributed by atoms with Gasteiger partial charge in [0, 0.05) is 29.1 Å². The van der Waals surface area contributed by atoms with Crippen LogP contribution in [-0.4, -0.2) is 32.6 Å². The molecule has 0 bridgehead atoms. The number of carbonyl (C=O) groups is 1. The van der Waals surface area contributed by atoms with Gasteiger partial charge in [-0.05, 0) is 59.9 Å². The zero-order valence-electron chi connectivity index (χ0n) is 19.5. The molecule has 3 aromatic rings. The Morgan fingerprint density at radius 1 is 1.16 bits per heavy atom. The molecule has 2 aromatic heterocycles. The van der Waals surface area contributed by atoms with Crippen LogP contribution < -0.4 is 4.90 Å². The maximum absolute atomic E-state index is 12.8. The normalized spacial score (nSPS) is 17.9. The van der Waals surface area contributed by atoms with E-state index in [0.29, 0.717) is 16.3 Å². The van der Waals surface area contributed by atoms with Crippen molar-refractivity contribution in [1.29, 1.82) is 0 Å². The van der Waals surface area contributed by atoms with Crippen molar-refractivity contribution >= 4 is 22.9 Å². The van der Waals surface area contributed by atoms with Crippen molar-refractivity contribution in [2.45, 2.75) is 66.8 Å². The third kappa shape index (κ3) is 4.28. The molecule has 1 radical (unpaired) electrons. The summed E-state index contributed by atoms with van der Waals surface area (Å²) in [4.78, 5) is 16.1. The summed E-state index contributed by atoms with van der Waals surface area (Å²) in [6, 6.07) is 8.08. The van der Waals surface area contributed by atoms with Crippen molar-refractivity contribution in [3.63, 3.8) is 0 Å². The first-order valence-electron chi connectivity index (χ1n) is 10.9. The second-order valence-electron chi connectivity index (χ2n) is 10.5. The van der Waals surface area contributed by atoms with Gasteiger partial charge in [-0.25, -0.2) is 0 Å². The summed E-state index contributed by atoms with van der Waals surface area (Å²) >= 11 is 1.36. The van der Waals surface area contributed by atoms with E-state index in [1.165, 1.54) is 11.3 Å². The first kappa shape index (κ1) is 22.5. The number of thiophene rings is 1. The number of hydrogen-bond acceptors (Lipinski definition) is 5. The van der Waals surface area contributed by atoms with Gasteiger partial charge < -0.3 is 4.90 Å². The number of aromatic nitrogens is 4. The number of aromatic amines is 1. The monoisotopic (exact) mass is 452 g/mol. The average Bonchev–Trinajstić information content (AvgIpc) is 3.29. The Bertz CT molecular complexity index is 1120. The Balaban J connectivity index is 1.73. The fraction of sp³-hybridized carbons (Fsp3) is 0.500. The SMILES string of the molecule is CC(=O)N(c1cccc(-c2sc(-c3nn[nH]n3)c([O])c2C)c1)C1CC(C)(C)CC(C)(C)C1. The number of amides is 1. The lowest BCUT2D eigenvalue weighted by Crippen LogP contribution is -2.48. The lowest BCUT2D eigenvalue weighted by molar-refractivity contribution is -0.117. The summed E-state index contributed by atoms with van der Waals surface area (Å²) in [7, 11) is 0. The molecule has 0 saturated heterocycles. The van der Waals surface area contributed by atoms with Crippen LogP contribution in [0.3, 0.4) is 0 Å². The second kappa shape index (κ2) is 7.99. The van der Waals surface area contributed by atoms with E-state index in [9.17, 15) is 9.90 Å². The molecule has 4 rings (SSSR count). The average molecular weight is 453 g/mol. The first-order valence-corrected chi connectivity index (χ1v) is 11.7. The van der Waals surface area contributed by atoms with Gasteiger partial charge in [-0.1, -0.05) is 39.8 Å². The Labute approximate surface area is 192 Å². The number of carbonyl (C=O) groups excluding carboxylic acids is 1. The van der Waals surface area contributed by atoms with Gasteiger partial charge in [0.05, 0.1) is 0 Å². The number of nitrogens with zero attached hydrogens (tertiary/aromatic N) is 4. The Kier molecular flexibility index (Phi) is 5.61. The van der Waals surface area contributed by atoms with Crippen molar-refractivity contribution < 1.29 is 9.90 Å². The number of benzene rings is 1. The Morgan fingerprint density at radius 2 is 1.84 bits per heavy atom. The molecular formula is C24H30N5O2S. The summed E-state index contributed by atoms with van der Waals surface area (Å²) in [6.07, 6.45) is 3.07. The highest BCUT2D eigenvalue weighted by molar-refractivity contribution is 7.19. The summed E-state index contributed by atoms with van der Waals surface area (Å²) in [5, 5.41) is 26.7. The number of nitrogens with one attached hydrogen (secondary N) is 1. The van der Waals surface area contributed by atoms with Crippen LogP contribution >= 0.6 is 11.3 Å². The van der Waals surface area contributed by atoms with Crippen molar-refractivity contribution in [1.82, 2.24) is 20.6 Å². The second-order valence-corrected chi connectivity index (χ2v) is 11.5. The molecule has 7 nitrogen and oxygen atoms in total. The topological polar surface area (TPSA) is 94.7 Å². The van der Waals surface area contributed by atoms with Gasteiger partial charge >= 0.3 is 0 Å².